The van der Waals surface area contributed by atoms with E-state index in [0.29, 0.717) is 17.6 Å². The zero-order chi connectivity index (χ0) is 14.0. The van der Waals surface area contributed by atoms with E-state index in [1.807, 2.05) is 13.2 Å². The Morgan fingerprint density at radius 1 is 1.16 bits per heavy atom. The van der Waals surface area contributed by atoms with Gasteiger partial charge in [-0.05, 0) is 6.42 Å². The summed E-state index contributed by atoms with van der Waals surface area (Å²) in [6.45, 7) is 2.56. The van der Waals surface area contributed by atoms with Crippen molar-refractivity contribution in [3.8, 4) is 0 Å². The molecule has 0 N–H and O–H groups in total. The van der Waals surface area contributed by atoms with Gasteiger partial charge in [0.1, 0.15) is 6.20 Å². The van der Waals surface area contributed by atoms with E-state index in [4.69, 9.17) is 4.74 Å². The van der Waals surface area contributed by atoms with Gasteiger partial charge in [0.05, 0.1) is 13.2 Å². The number of carbonyl (C=O) groups is 1. The first-order valence-electron chi connectivity index (χ1n) is 7.39. The van der Waals surface area contributed by atoms with Gasteiger partial charge in [0.15, 0.2) is 6.34 Å². The number of quaternary nitrogens is 1. The summed E-state index contributed by atoms with van der Waals surface area (Å²) in [5, 5.41) is 0. The summed E-state index contributed by atoms with van der Waals surface area (Å²) in [5.41, 5.74) is 0. The van der Waals surface area contributed by atoms with Crippen molar-refractivity contribution < 1.29 is 14.0 Å². The molecule has 0 bridgehead atoms. The summed E-state index contributed by atoms with van der Waals surface area (Å²) < 4.78 is 5.71. The minimum Gasteiger partial charge on any atom is -0.414 e. The van der Waals surface area contributed by atoms with E-state index in [1.165, 1.54) is 32.1 Å². The van der Waals surface area contributed by atoms with Crippen LogP contribution in [0.3, 0.4) is 0 Å². The Morgan fingerprint density at radius 2 is 1.84 bits per heavy atom. The molecule has 0 aliphatic carbocycles. The number of ether oxygens (including phenoxy) is 1. The van der Waals surface area contributed by atoms with E-state index < -0.39 is 0 Å². The maximum absolute atomic E-state index is 11.6. The van der Waals surface area contributed by atoms with Gasteiger partial charge in [0.25, 0.3) is 0 Å². The first-order valence-corrected chi connectivity index (χ1v) is 7.39. The minimum atomic E-state index is -0.0957. The van der Waals surface area contributed by atoms with Gasteiger partial charge in [-0.1, -0.05) is 45.4 Å². The number of esters is 1. The predicted molar refractivity (Wildman–Crippen MR) is 77.4 cm³/mol. The van der Waals surface area contributed by atoms with Gasteiger partial charge in [-0.15, -0.1) is 0 Å². The topological polar surface area (TPSA) is 38.7 Å². The molecule has 0 fully saturated rings. The van der Waals surface area contributed by atoms with Crippen LogP contribution in [0.5, 0.6) is 0 Å². The first kappa shape index (κ1) is 15.9. The van der Waals surface area contributed by atoms with Crippen LogP contribution in [0.1, 0.15) is 58.3 Å². The van der Waals surface area contributed by atoms with E-state index in [9.17, 15) is 4.79 Å². The van der Waals surface area contributed by atoms with E-state index >= 15 is 0 Å². The molecule has 1 atom stereocenters. The van der Waals surface area contributed by atoms with Crippen molar-refractivity contribution >= 4 is 12.3 Å². The second kappa shape index (κ2) is 8.86. The average Bonchev–Trinajstić information content (AvgIpc) is 2.83. The molecule has 0 aromatic heterocycles. The molecule has 19 heavy (non-hydrogen) atoms. The minimum absolute atomic E-state index is 0.0957. The molecule has 0 saturated carbocycles. The number of aliphatic imine (C=N–C) groups is 1. The van der Waals surface area contributed by atoms with E-state index in [0.717, 1.165) is 12.8 Å². The van der Waals surface area contributed by atoms with Crippen molar-refractivity contribution in [3.63, 3.8) is 0 Å². The van der Waals surface area contributed by atoms with Gasteiger partial charge in [0, 0.05) is 6.42 Å². The third kappa shape index (κ3) is 7.11. The summed E-state index contributed by atoms with van der Waals surface area (Å²) in [5.74, 6) is -0.0957. The Hall–Kier alpha value is -1.16. The lowest BCUT2D eigenvalue weighted by molar-refractivity contribution is -0.778. The van der Waals surface area contributed by atoms with Crippen LogP contribution < -0.4 is 0 Å². The second-order valence-electron chi connectivity index (χ2n) is 5.43. The molecule has 4 nitrogen and oxygen atoms in total. The lowest BCUT2D eigenvalue weighted by Gasteiger charge is -2.20. The third-order valence-electron chi connectivity index (χ3n) is 3.31. The molecule has 0 radical (unpaired) electrons. The van der Waals surface area contributed by atoms with E-state index in [-0.39, 0.29) is 5.97 Å². The maximum Gasteiger partial charge on any atom is 0.310 e. The molecule has 1 aliphatic heterocycles. The van der Waals surface area contributed by atoms with Crippen LogP contribution >= 0.6 is 0 Å². The lowest BCUT2D eigenvalue weighted by Crippen LogP contribution is -2.38. The van der Waals surface area contributed by atoms with Gasteiger partial charge >= 0.3 is 5.97 Å². The number of nitrogens with zero attached hydrogens (tertiary/aromatic N) is 2. The van der Waals surface area contributed by atoms with Crippen molar-refractivity contribution in [2.45, 2.75) is 58.3 Å². The van der Waals surface area contributed by atoms with Crippen molar-refractivity contribution in [1.29, 1.82) is 0 Å². The van der Waals surface area contributed by atoms with Crippen molar-refractivity contribution in [3.05, 3.63) is 12.4 Å². The second-order valence-corrected chi connectivity index (χ2v) is 5.43. The molecule has 0 aromatic carbocycles. The molecular weight excluding hydrogens is 240 g/mol. The zero-order valence-corrected chi connectivity index (χ0v) is 12.3. The summed E-state index contributed by atoms with van der Waals surface area (Å²) in [6, 6.07) is 0. The Labute approximate surface area is 116 Å². The van der Waals surface area contributed by atoms with Crippen LogP contribution in [0.25, 0.3) is 0 Å². The fraction of sp³-hybridized carbons (Fsp3) is 0.733. The number of hydrogen-bond acceptors (Lipinski definition) is 3. The molecule has 108 valence electrons. The molecule has 4 heteroatoms. The SMILES string of the molecule is CCCCCCCCCC(=O)OC[N+]1(C)C=CN=C1. The highest BCUT2D eigenvalue weighted by molar-refractivity contribution is 5.69. The quantitative estimate of drug-likeness (QED) is 0.345. The van der Waals surface area contributed by atoms with Crippen LogP contribution in [-0.2, 0) is 9.53 Å². The van der Waals surface area contributed by atoms with Crippen LogP contribution in [0.4, 0.5) is 0 Å². The van der Waals surface area contributed by atoms with Gasteiger partial charge in [-0.2, -0.15) is 0 Å². The predicted octanol–water partition coefficient (Wildman–Crippen LogP) is 3.59. The fourth-order valence-corrected chi connectivity index (χ4v) is 2.01. The molecule has 1 unspecified atom stereocenters. The largest absolute Gasteiger partial charge is 0.414 e. The average molecular weight is 267 g/mol. The van der Waals surface area contributed by atoms with Gasteiger partial charge in [-0.25, -0.2) is 9.48 Å². The van der Waals surface area contributed by atoms with Gasteiger partial charge in [0.2, 0.25) is 6.73 Å². The third-order valence-corrected chi connectivity index (χ3v) is 3.31. The van der Waals surface area contributed by atoms with E-state index in [1.54, 1.807) is 12.5 Å². The number of rotatable bonds is 10. The maximum atomic E-state index is 11.6. The van der Waals surface area contributed by atoms with Crippen molar-refractivity contribution in [2.75, 3.05) is 13.8 Å². The van der Waals surface area contributed by atoms with Crippen LogP contribution in [0.15, 0.2) is 17.4 Å². The fourth-order valence-electron chi connectivity index (χ4n) is 2.01. The molecular formula is C15H27N2O2+. The van der Waals surface area contributed by atoms with E-state index in [2.05, 4.69) is 11.9 Å². The summed E-state index contributed by atoms with van der Waals surface area (Å²) >= 11 is 0. The van der Waals surface area contributed by atoms with Crippen LogP contribution in [-0.4, -0.2) is 30.6 Å². The highest BCUT2D eigenvalue weighted by Gasteiger charge is 2.21. The molecule has 0 amide bonds. The molecule has 0 aromatic rings. The highest BCUT2D eigenvalue weighted by Crippen LogP contribution is 2.10. The van der Waals surface area contributed by atoms with Crippen molar-refractivity contribution in [1.82, 2.24) is 0 Å². The zero-order valence-electron chi connectivity index (χ0n) is 12.3. The molecule has 1 heterocycles. The number of carbonyl (C=O) groups excluding carboxylic acids is 1. The smallest absolute Gasteiger partial charge is 0.310 e. The molecule has 1 aliphatic rings. The monoisotopic (exact) mass is 267 g/mol. The number of hydrogen-bond donors (Lipinski definition) is 0. The van der Waals surface area contributed by atoms with Crippen LogP contribution in [0, 0.1) is 0 Å². The summed E-state index contributed by atoms with van der Waals surface area (Å²) in [7, 11) is 1.95. The first-order chi connectivity index (χ1) is 9.16. The van der Waals surface area contributed by atoms with Crippen LogP contribution in [0.2, 0.25) is 0 Å². The van der Waals surface area contributed by atoms with Gasteiger partial charge < -0.3 is 4.74 Å². The Kier molecular flexibility index (Phi) is 7.41. The molecule has 1 rings (SSSR count). The Bertz CT molecular complexity index is 312. The van der Waals surface area contributed by atoms with Crippen molar-refractivity contribution in [2.24, 2.45) is 4.99 Å². The molecule has 0 saturated heterocycles. The molecule has 0 spiro atoms. The Morgan fingerprint density at radius 3 is 2.47 bits per heavy atom. The Balaban J connectivity index is 1.96. The lowest BCUT2D eigenvalue weighted by atomic mass is 10.1. The standard InChI is InChI=1S/C15H27N2O2/c1-3-4-5-6-7-8-9-10-15(18)19-14-17(2)12-11-16-13-17/h11-13H,3-10,14H2,1-2H3/q+1. The normalized spacial score (nSPS) is 20.9. The summed E-state index contributed by atoms with van der Waals surface area (Å²) in [6.07, 6.45) is 14.5. The summed E-state index contributed by atoms with van der Waals surface area (Å²) in [4.78, 5) is 15.6. The number of unbranched alkanes of at least 4 members (excludes halogenated alkanes) is 6. The highest BCUT2D eigenvalue weighted by atomic mass is 16.5. The van der Waals surface area contributed by atoms with Gasteiger partial charge in [-0.3, -0.25) is 4.79 Å².